The Morgan fingerprint density at radius 3 is 2.33 bits per heavy atom. The standard InChI is InChI=1S/C9H11NO3.C2H6/c1-6-3-4-9(10(12)13)8(5-6)7(2)11;1-2/h3-5,7,11H,1-2H3;1-2H3/t7-;/m1./s1. The van der Waals surface area contributed by atoms with E-state index in [0.717, 1.165) is 5.56 Å². The van der Waals surface area contributed by atoms with Crippen LogP contribution < -0.4 is 0 Å². The molecule has 0 fully saturated rings. The smallest absolute Gasteiger partial charge is 0.275 e. The Kier molecular flexibility index (Phi) is 5.56. The summed E-state index contributed by atoms with van der Waals surface area (Å²) in [6, 6.07) is 4.70. The topological polar surface area (TPSA) is 63.4 Å². The highest BCUT2D eigenvalue weighted by atomic mass is 16.6. The minimum absolute atomic E-state index is 0.0272. The minimum atomic E-state index is -0.805. The predicted molar refractivity (Wildman–Crippen MR) is 59.8 cm³/mol. The van der Waals surface area contributed by atoms with E-state index < -0.39 is 11.0 Å². The van der Waals surface area contributed by atoms with Gasteiger partial charge >= 0.3 is 0 Å². The number of hydrogen-bond donors (Lipinski definition) is 1. The molecule has 1 aromatic rings. The van der Waals surface area contributed by atoms with Crippen molar-refractivity contribution in [3.05, 3.63) is 39.4 Å². The third-order valence-electron chi connectivity index (χ3n) is 1.83. The zero-order chi connectivity index (χ0) is 12.0. The Hall–Kier alpha value is -1.42. The molecule has 0 bridgehead atoms. The quantitative estimate of drug-likeness (QED) is 0.604. The van der Waals surface area contributed by atoms with E-state index in [0.29, 0.717) is 5.56 Å². The van der Waals surface area contributed by atoms with Gasteiger partial charge in [-0.05, 0) is 19.9 Å². The monoisotopic (exact) mass is 211 g/mol. The molecule has 0 spiro atoms. The summed E-state index contributed by atoms with van der Waals surface area (Å²) >= 11 is 0. The maximum atomic E-state index is 10.5. The van der Waals surface area contributed by atoms with Crippen molar-refractivity contribution in [1.82, 2.24) is 0 Å². The summed E-state index contributed by atoms with van der Waals surface area (Å²) in [4.78, 5) is 10.0. The predicted octanol–water partition coefficient (Wildman–Crippen LogP) is 2.98. The highest BCUT2D eigenvalue weighted by Crippen LogP contribution is 2.25. The number of aliphatic hydroxyl groups is 1. The normalized spacial score (nSPS) is 11.3. The lowest BCUT2D eigenvalue weighted by molar-refractivity contribution is -0.386. The lowest BCUT2D eigenvalue weighted by Crippen LogP contribution is -1.99. The van der Waals surface area contributed by atoms with Crippen molar-refractivity contribution in [2.24, 2.45) is 0 Å². The Morgan fingerprint density at radius 1 is 1.40 bits per heavy atom. The summed E-state index contributed by atoms with van der Waals surface area (Å²) in [6.45, 7) is 7.34. The molecule has 0 aliphatic rings. The molecule has 0 heterocycles. The van der Waals surface area contributed by atoms with Gasteiger partial charge in [-0.2, -0.15) is 0 Å². The van der Waals surface area contributed by atoms with Crippen LogP contribution >= 0.6 is 0 Å². The van der Waals surface area contributed by atoms with Gasteiger partial charge in [0.05, 0.1) is 16.6 Å². The van der Waals surface area contributed by atoms with Gasteiger partial charge in [-0.15, -0.1) is 0 Å². The van der Waals surface area contributed by atoms with E-state index in [9.17, 15) is 15.2 Å². The number of aliphatic hydroxyl groups excluding tert-OH is 1. The highest BCUT2D eigenvalue weighted by Gasteiger charge is 2.16. The summed E-state index contributed by atoms with van der Waals surface area (Å²) in [7, 11) is 0. The molecule has 1 rings (SSSR count). The van der Waals surface area contributed by atoms with Crippen LogP contribution in [0.5, 0.6) is 0 Å². The first-order valence-corrected chi connectivity index (χ1v) is 4.95. The van der Waals surface area contributed by atoms with Gasteiger partial charge in [0.15, 0.2) is 0 Å². The SMILES string of the molecule is CC.Cc1ccc([N+](=O)[O-])c([C@@H](C)O)c1. The van der Waals surface area contributed by atoms with Crippen LogP contribution in [0.4, 0.5) is 5.69 Å². The van der Waals surface area contributed by atoms with E-state index in [1.807, 2.05) is 20.8 Å². The van der Waals surface area contributed by atoms with Gasteiger partial charge in [-0.25, -0.2) is 0 Å². The fraction of sp³-hybridized carbons (Fsp3) is 0.455. The molecular formula is C11H17NO3. The van der Waals surface area contributed by atoms with Crippen LogP contribution in [0.2, 0.25) is 0 Å². The van der Waals surface area contributed by atoms with E-state index in [2.05, 4.69) is 0 Å². The Labute approximate surface area is 89.7 Å². The van der Waals surface area contributed by atoms with E-state index in [4.69, 9.17) is 0 Å². The number of benzene rings is 1. The number of nitrogens with zero attached hydrogens (tertiary/aromatic N) is 1. The molecule has 15 heavy (non-hydrogen) atoms. The summed E-state index contributed by atoms with van der Waals surface area (Å²) < 4.78 is 0. The molecule has 0 aliphatic carbocycles. The van der Waals surface area contributed by atoms with Crippen molar-refractivity contribution in [2.45, 2.75) is 33.8 Å². The highest BCUT2D eigenvalue weighted by molar-refractivity contribution is 5.43. The molecule has 0 saturated heterocycles. The van der Waals surface area contributed by atoms with Crippen LogP contribution in [0.15, 0.2) is 18.2 Å². The van der Waals surface area contributed by atoms with Gasteiger partial charge in [-0.1, -0.05) is 25.5 Å². The fourth-order valence-electron chi connectivity index (χ4n) is 1.17. The van der Waals surface area contributed by atoms with Gasteiger partial charge in [0, 0.05) is 6.07 Å². The summed E-state index contributed by atoms with van der Waals surface area (Å²) in [6.07, 6.45) is -0.805. The third-order valence-corrected chi connectivity index (χ3v) is 1.83. The van der Waals surface area contributed by atoms with Crippen molar-refractivity contribution >= 4 is 5.69 Å². The summed E-state index contributed by atoms with van der Waals surface area (Å²) in [5.41, 5.74) is 1.24. The molecule has 0 saturated carbocycles. The van der Waals surface area contributed by atoms with E-state index >= 15 is 0 Å². The molecule has 0 unspecified atom stereocenters. The lowest BCUT2D eigenvalue weighted by Gasteiger charge is -2.05. The zero-order valence-electron chi connectivity index (χ0n) is 9.52. The first-order valence-electron chi connectivity index (χ1n) is 4.95. The molecule has 0 aliphatic heterocycles. The maximum absolute atomic E-state index is 10.5. The van der Waals surface area contributed by atoms with Crippen molar-refractivity contribution in [3.8, 4) is 0 Å². The molecule has 0 aromatic heterocycles. The Bertz CT molecular complexity index is 335. The van der Waals surface area contributed by atoms with E-state index in [-0.39, 0.29) is 5.69 Å². The second-order valence-corrected chi connectivity index (χ2v) is 3.00. The number of hydrogen-bond acceptors (Lipinski definition) is 3. The molecule has 4 heteroatoms. The molecule has 1 atom stereocenters. The van der Waals surface area contributed by atoms with Crippen LogP contribution in [-0.2, 0) is 0 Å². The largest absolute Gasteiger partial charge is 0.388 e. The van der Waals surface area contributed by atoms with Gasteiger partial charge in [0.25, 0.3) is 5.69 Å². The van der Waals surface area contributed by atoms with Gasteiger partial charge in [0.2, 0.25) is 0 Å². The van der Waals surface area contributed by atoms with Crippen molar-refractivity contribution in [1.29, 1.82) is 0 Å². The second kappa shape index (κ2) is 6.14. The first kappa shape index (κ1) is 13.6. The second-order valence-electron chi connectivity index (χ2n) is 3.00. The van der Waals surface area contributed by atoms with Crippen molar-refractivity contribution in [2.75, 3.05) is 0 Å². The van der Waals surface area contributed by atoms with Crippen LogP contribution in [0.3, 0.4) is 0 Å². The van der Waals surface area contributed by atoms with E-state index in [1.165, 1.54) is 13.0 Å². The summed E-state index contributed by atoms with van der Waals surface area (Å²) in [5.74, 6) is 0. The third kappa shape index (κ3) is 3.67. The molecule has 0 amide bonds. The average molecular weight is 211 g/mol. The molecule has 84 valence electrons. The van der Waals surface area contributed by atoms with Gasteiger partial charge in [-0.3, -0.25) is 10.1 Å². The maximum Gasteiger partial charge on any atom is 0.275 e. The molecule has 4 nitrogen and oxygen atoms in total. The van der Waals surface area contributed by atoms with Crippen LogP contribution in [0.25, 0.3) is 0 Å². The lowest BCUT2D eigenvalue weighted by atomic mass is 10.1. The number of aryl methyl sites for hydroxylation is 1. The van der Waals surface area contributed by atoms with Crippen LogP contribution in [0.1, 0.15) is 38.0 Å². The van der Waals surface area contributed by atoms with Gasteiger partial charge in [0.1, 0.15) is 0 Å². The number of rotatable bonds is 2. The minimum Gasteiger partial charge on any atom is -0.388 e. The zero-order valence-corrected chi connectivity index (χ0v) is 9.52. The summed E-state index contributed by atoms with van der Waals surface area (Å²) in [5, 5.41) is 19.8. The molecule has 1 aromatic carbocycles. The van der Waals surface area contributed by atoms with Gasteiger partial charge < -0.3 is 5.11 Å². The van der Waals surface area contributed by atoms with Crippen molar-refractivity contribution < 1.29 is 10.0 Å². The number of nitro groups is 1. The van der Waals surface area contributed by atoms with Crippen molar-refractivity contribution in [3.63, 3.8) is 0 Å². The van der Waals surface area contributed by atoms with Crippen LogP contribution in [-0.4, -0.2) is 10.0 Å². The van der Waals surface area contributed by atoms with E-state index in [1.54, 1.807) is 12.1 Å². The molecule has 0 radical (unpaired) electrons. The Balaban J connectivity index is 0.000000921. The Morgan fingerprint density at radius 2 is 1.93 bits per heavy atom. The number of nitro benzene ring substituents is 1. The molecular weight excluding hydrogens is 194 g/mol. The molecule has 1 N–H and O–H groups in total. The van der Waals surface area contributed by atoms with Crippen LogP contribution in [0, 0.1) is 17.0 Å². The first-order chi connectivity index (χ1) is 7.02. The average Bonchev–Trinajstić information content (AvgIpc) is 2.20. The fourth-order valence-corrected chi connectivity index (χ4v) is 1.17.